The maximum atomic E-state index is 12.3. The standard InChI is InChI=1S/3C19H19N7O6.3Li/c3*20-19-25-15-14(17(30)26-19)23-11(8-22-15)7-21-10-3-1-9(2-4-10)16(29)24-12(18(31)32)5-6-13(27)28;;;/h3*1-4,8,12,21H,5-7H2,(H,24,29)(H,27,28)(H,31,32)(H3,20,22,25,26,30);;;/q;;;3*+1/p-3/t3*12-;;;/m000.../s1. The third-order valence-corrected chi connectivity index (χ3v) is 13.0. The molecule has 6 heterocycles. The van der Waals surface area contributed by atoms with Gasteiger partial charge in [0.25, 0.3) is 34.4 Å². The minimum Gasteiger partial charge on any atom is -0.550 e. The van der Waals surface area contributed by atoms with Crippen molar-refractivity contribution in [1.29, 1.82) is 0 Å². The number of hydrogen-bond acceptors (Lipinski definition) is 30. The second-order valence-electron chi connectivity index (χ2n) is 20.1. The largest absolute Gasteiger partial charge is 1.00 e. The summed E-state index contributed by atoms with van der Waals surface area (Å²) in [5.41, 5.74) is 19.3. The van der Waals surface area contributed by atoms with E-state index in [4.69, 9.17) is 32.5 Å². The zero-order valence-corrected chi connectivity index (χ0v) is 52.5. The molecule has 0 spiro atoms. The van der Waals surface area contributed by atoms with Crippen LogP contribution in [0.5, 0.6) is 0 Å². The van der Waals surface area contributed by atoms with Gasteiger partial charge >= 0.3 is 74.5 Å². The summed E-state index contributed by atoms with van der Waals surface area (Å²) in [5, 5.41) is 74.9. The number of amides is 3. The van der Waals surface area contributed by atoms with E-state index < -0.39 is 108 Å². The number of carbonyl (C=O) groups excluding carboxylic acids is 6. The summed E-state index contributed by atoms with van der Waals surface area (Å²) >= 11 is 0. The van der Waals surface area contributed by atoms with Gasteiger partial charge in [0, 0.05) is 51.7 Å². The number of hydrogen-bond donors (Lipinski definition) is 15. The Morgan fingerprint density at radius 2 is 0.626 bits per heavy atom. The molecule has 42 heteroatoms. The molecule has 0 saturated carbocycles. The van der Waals surface area contributed by atoms with E-state index in [-0.39, 0.29) is 164 Å². The first-order chi connectivity index (χ1) is 45.7. The molecule has 0 aliphatic rings. The molecule has 3 atom stereocenters. The number of carboxylic acid groups (broad SMARTS) is 6. The van der Waals surface area contributed by atoms with Gasteiger partial charge in [-0.25, -0.2) is 44.3 Å². The number of anilines is 6. The van der Waals surface area contributed by atoms with Crippen LogP contribution in [0.1, 0.15) is 86.7 Å². The molecule has 9 rings (SSSR count). The van der Waals surface area contributed by atoms with Crippen LogP contribution in [-0.4, -0.2) is 147 Å². The van der Waals surface area contributed by atoms with Gasteiger partial charge in [-0.3, -0.25) is 43.7 Å². The Labute approximate surface area is 590 Å². The Kier molecular flexibility index (Phi) is 30.1. The first-order valence-electron chi connectivity index (χ1n) is 27.9. The average molecular weight is 1340 g/mol. The summed E-state index contributed by atoms with van der Waals surface area (Å²) in [4.78, 5) is 181. The summed E-state index contributed by atoms with van der Waals surface area (Å²) < 4.78 is 0. The van der Waals surface area contributed by atoms with E-state index >= 15 is 0 Å². The van der Waals surface area contributed by atoms with Crippen LogP contribution in [0, 0.1) is 0 Å². The van der Waals surface area contributed by atoms with E-state index in [9.17, 15) is 72.9 Å². The third kappa shape index (κ3) is 24.1. The number of benzene rings is 3. The topological polar surface area (TPSA) is 648 Å². The summed E-state index contributed by atoms with van der Waals surface area (Å²) in [6.07, 6.45) is 1.99. The fraction of sp³-hybridized carbons (Fsp3) is 0.211. The van der Waals surface area contributed by atoms with E-state index in [0.717, 1.165) is 0 Å². The van der Waals surface area contributed by atoms with Crippen molar-refractivity contribution in [2.45, 2.75) is 76.3 Å². The van der Waals surface area contributed by atoms with Gasteiger partial charge in [-0.2, -0.15) is 15.0 Å². The predicted octanol–water partition coefficient (Wildman–Crippen LogP) is -13.1. The van der Waals surface area contributed by atoms with Gasteiger partial charge in [0.2, 0.25) is 17.8 Å². The number of nitrogen functional groups attached to an aromatic ring is 3. The van der Waals surface area contributed by atoms with Crippen LogP contribution in [0.2, 0.25) is 0 Å². The maximum Gasteiger partial charge on any atom is 1.00 e. The Bertz CT molecular complexity index is 4150. The average Bonchev–Trinajstić information content (AvgIpc) is 0.829. The molecule has 18 N–H and O–H groups in total. The number of rotatable bonds is 27. The Morgan fingerprint density at radius 1 is 0.394 bits per heavy atom. The van der Waals surface area contributed by atoms with Gasteiger partial charge in [-0.1, -0.05) is 0 Å². The molecule has 0 unspecified atom stereocenters. The number of aromatic nitrogens is 12. The second kappa shape index (κ2) is 37.4. The minimum atomic E-state index is -1.40. The Hall–Kier alpha value is -11.9. The molecular formula is C57H54Li3N21O18. The monoisotopic (exact) mass is 1340 g/mol. The van der Waals surface area contributed by atoms with Crippen molar-refractivity contribution in [3.63, 3.8) is 0 Å². The number of carbonyl (C=O) groups is 9. The van der Waals surface area contributed by atoms with Gasteiger partial charge in [-0.15, -0.1) is 0 Å². The number of aromatic amines is 3. The van der Waals surface area contributed by atoms with Crippen molar-refractivity contribution >= 4 is 122 Å². The first-order valence-corrected chi connectivity index (χ1v) is 27.9. The molecule has 9 aromatic rings. The van der Waals surface area contributed by atoms with Crippen molar-refractivity contribution in [3.05, 3.63) is 156 Å². The van der Waals surface area contributed by atoms with Crippen LogP contribution in [0.25, 0.3) is 33.5 Å². The fourth-order valence-corrected chi connectivity index (χ4v) is 8.25. The van der Waals surface area contributed by atoms with E-state index in [2.05, 4.69) is 91.7 Å². The van der Waals surface area contributed by atoms with Crippen LogP contribution < -0.4 is 138 Å². The van der Waals surface area contributed by atoms with Crippen LogP contribution >= 0.6 is 0 Å². The molecule has 3 aromatic carbocycles. The van der Waals surface area contributed by atoms with Crippen molar-refractivity contribution < 1.29 is 130 Å². The fourth-order valence-electron chi connectivity index (χ4n) is 8.25. The van der Waals surface area contributed by atoms with Crippen LogP contribution in [0.15, 0.2) is 106 Å². The second-order valence-corrected chi connectivity index (χ2v) is 20.1. The number of nitrogens with zero attached hydrogens (tertiary/aromatic N) is 9. The van der Waals surface area contributed by atoms with Gasteiger partial charge in [0.05, 0.1) is 55.3 Å². The minimum absolute atomic E-state index is 0. The smallest absolute Gasteiger partial charge is 0.550 e. The first kappa shape index (κ1) is 79.6. The zero-order chi connectivity index (χ0) is 69.8. The number of nitrogens with two attached hydrogens (primary N) is 3. The van der Waals surface area contributed by atoms with Crippen molar-refractivity contribution in [2.75, 3.05) is 33.2 Å². The molecule has 39 nitrogen and oxygen atoms in total. The summed E-state index contributed by atoms with van der Waals surface area (Å²) in [7, 11) is 0. The molecule has 99 heavy (non-hydrogen) atoms. The molecule has 0 radical (unpaired) electrons. The molecule has 0 fully saturated rings. The molecule has 0 aliphatic heterocycles. The quantitative estimate of drug-likeness (QED) is 0.0213. The molecule has 0 aliphatic carbocycles. The molecule has 6 aromatic heterocycles. The van der Waals surface area contributed by atoms with Crippen LogP contribution in [-0.2, 0) is 48.4 Å². The van der Waals surface area contributed by atoms with Crippen molar-refractivity contribution in [3.8, 4) is 0 Å². The van der Waals surface area contributed by atoms with Crippen molar-refractivity contribution in [1.82, 2.24) is 75.8 Å². The number of carboxylic acids is 6. The summed E-state index contributed by atoms with van der Waals surface area (Å²) in [5.74, 6) is -10.4. The van der Waals surface area contributed by atoms with Gasteiger partial charge in [0.1, 0.15) is 18.1 Å². The zero-order valence-electron chi connectivity index (χ0n) is 52.5. The van der Waals surface area contributed by atoms with Crippen LogP contribution in [0.3, 0.4) is 0 Å². The molecule has 3 amide bonds. The number of H-pyrrole nitrogens is 3. The predicted molar refractivity (Wildman–Crippen MR) is 328 cm³/mol. The van der Waals surface area contributed by atoms with Gasteiger partial charge in [-0.05, 0) is 111 Å². The number of nitrogens with one attached hydrogen (secondary N) is 9. The van der Waals surface area contributed by atoms with E-state index in [1.54, 1.807) is 36.4 Å². The molecule has 0 bridgehead atoms. The molecule has 0 saturated heterocycles. The van der Waals surface area contributed by atoms with E-state index in [0.29, 0.717) is 34.1 Å². The van der Waals surface area contributed by atoms with E-state index in [1.807, 2.05) is 0 Å². The third-order valence-electron chi connectivity index (χ3n) is 13.0. The molecule has 498 valence electrons. The Morgan fingerprint density at radius 3 is 0.838 bits per heavy atom. The van der Waals surface area contributed by atoms with Gasteiger partial charge in [0.15, 0.2) is 33.5 Å². The van der Waals surface area contributed by atoms with Crippen molar-refractivity contribution in [2.24, 2.45) is 0 Å². The number of fused-ring (bicyclic) bond motifs is 3. The maximum absolute atomic E-state index is 12.3. The van der Waals surface area contributed by atoms with E-state index in [1.165, 1.54) is 55.0 Å². The Balaban J connectivity index is 0.000000311. The number of aliphatic carboxylic acids is 6. The normalized spacial score (nSPS) is 11.3. The van der Waals surface area contributed by atoms with Gasteiger partial charge < -0.3 is 94.1 Å². The molecular weight excluding hydrogens is 1290 g/mol. The summed E-state index contributed by atoms with van der Waals surface area (Å²) in [6, 6.07) is 14.3. The SMILES string of the molecule is Nc1nc2ncc(CNc3ccc(C(=O)N[C@@H](CCC(=O)[O-])C(=O)O)cc3)nc2c(=O)[nH]1.Nc1nc2ncc(CNc3ccc(C(=O)N[C@@H](CCC(=O)[O-])C(=O)O)cc3)nc2c(=O)[nH]1.Nc1nc2ncc(CNc3ccc(C(=O)N[C@@H](CCC(=O)[O-])C(=O)O)cc3)nc2c(=O)[nH]1.[Li+].[Li+].[Li+]. The summed E-state index contributed by atoms with van der Waals surface area (Å²) in [6.45, 7) is 0.674. The van der Waals surface area contributed by atoms with Crippen LogP contribution in [0.4, 0.5) is 34.9 Å².